The Morgan fingerprint density at radius 3 is 3.11 bits per heavy atom. The molecule has 0 aliphatic heterocycles. The van der Waals surface area contributed by atoms with Crippen LogP contribution in [0.5, 0.6) is 0 Å². The number of carbonyl (C=O) groups is 1. The molecule has 0 saturated carbocycles. The number of carbonyl (C=O) groups excluding carboxylic acids is 1. The zero-order chi connectivity index (χ0) is 13.2. The highest BCUT2D eigenvalue weighted by Crippen LogP contribution is 2.19. The van der Waals surface area contributed by atoms with Gasteiger partial charge in [0.15, 0.2) is 11.6 Å². The monoisotopic (exact) mass is 258 g/mol. The predicted octanol–water partition coefficient (Wildman–Crippen LogP) is 1.10. The van der Waals surface area contributed by atoms with Gasteiger partial charge in [0, 0.05) is 6.20 Å². The van der Waals surface area contributed by atoms with Crippen LogP contribution in [0.4, 0.5) is 0 Å². The van der Waals surface area contributed by atoms with E-state index in [1.54, 1.807) is 24.6 Å². The minimum atomic E-state index is -0.393. The van der Waals surface area contributed by atoms with Gasteiger partial charge in [0.25, 0.3) is 5.78 Å². The van der Waals surface area contributed by atoms with Crippen molar-refractivity contribution < 1.29 is 13.9 Å². The minimum absolute atomic E-state index is 0.0114. The van der Waals surface area contributed by atoms with Crippen molar-refractivity contribution in [3.05, 3.63) is 36.5 Å². The number of esters is 1. The van der Waals surface area contributed by atoms with Gasteiger partial charge < -0.3 is 9.15 Å². The topological polar surface area (TPSA) is 82.5 Å². The Morgan fingerprint density at radius 2 is 2.37 bits per heavy atom. The summed E-state index contributed by atoms with van der Waals surface area (Å²) in [6, 6.07) is 5.37. The van der Waals surface area contributed by atoms with Crippen molar-refractivity contribution in [1.82, 2.24) is 19.6 Å². The number of rotatable bonds is 3. The maximum Gasteiger partial charge on any atom is 0.313 e. The lowest BCUT2D eigenvalue weighted by Gasteiger charge is -1.98. The molecule has 3 heterocycles. The number of furan rings is 1. The third-order valence-corrected chi connectivity index (χ3v) is 2.59. The highest BCUT2D eigenvalue weighted by molar-refractivity contribution is 5.71. The van der Waals surface area contributed by atoms with Crippen LogP contribution in [0, 0.1) is 0 Å². The van der Waals surface area contributed by atoms with Crippen LogP contribution >= 0.6 is 0 Å². The molecule has 3 rings (SSSR count). The molecule has 0 spiro atoms. The zero-order valence-corrected chi connectivity index (χ0v) is 10.1. The van der Waals surface area contributed by atoms with Gasteiger partial charge >= 0.3 is 5.97 Å². The summed E-state index contributed by atoms with van der Waals surface area (Å²) in [5.41, 5.74) is 0.721. The van der Waals surface area contributed by atoms with E-state index in [9.17, 15) is 4.79 Å². The second kappa shape index (κ2) is 4.52. The summed E-state index contributed by atoms with van der Waals surface area (Å²) in [4.78, 5) is 19.5. The first kappa shape index (κ1) is 11.4. The van der Waals surface area contributed by atoms with Gasteiger partial charge in [0.1, 0.15) is 12.1 Å². The molecular formula is C12H10N4O3. The van der Waals surface area contributed by atoms with Crippen LogP contribution in [0.15, 0.2) is 35.1 Å². The Morgan fingerprint density at radius 1 is 1.47 bits per heavy atom. The van der Waals surface area contributed by atoms with E-state index in [0.29, 0.717) is 17.4 Å². The second-order valence-electron chi connectivity index (χ2n) is 3.80. The van der Waals surface area contributed by atoms with Crippen LogP contribution in [0.1, 0.15) is 5.82 Å². The molecule has 7 heteroatoms. The number of aromatic nitrogens is 4. The largest absolute Gasteiger partial charge is 0.469 e. The third-order valence-electron chi connectivity index (χ3n) is 2.59. The summed E-state index contributed by atoms with van der Waals surface area (Å²) in [5, 5.41) is 4.24. The molecule has 0 amide bonds. The average molecular weight is 258 g/mol. The van der Waals surface area contributed by atoms with Gasteiger partial charge in [-0.3, -0.25) is 4.79 Å². The van der Waals surface area contributed by atoms with Crippen LogP contribution < -0.4 is 0 Å². The fraction of sp³-hybridized carbons (Fsp3) is 0.167. The Hall–Kier alpha value is -2.70. The molecule has 0 radical (unpaired) electrons. The number of hydrogen-bond donors (Lipinski definition) is 0. The first-order valence-electron chi connectivity index (χ1n) is 5.59. The normalized spacial score (nSPS) is 10.8. The molecule has 19 heavy (non-hydrogen) atoms. The third kappa shape index (κ3) is 2.05. The molecule has 0 fully saturated rings. The molecular weight excluding hydrogens is 248 g/mol. The van der Waals surface area contributed by atoms with Crippen LogP contribution in [-0.4, -0.2) is 32.7 Å². The molecule has 0 unspecified atom stereocenters. The van der Waals surface area contributed by atoms with E-state index < -0.39 is 5.97 Å². The lowest BCUT2D eigenvalue weighted by Crippen LogP contribution is -2.06. The van der Waals surface area contributed by atoms with Crippen LogP contribution in [0.25, 0.3) is 17.2 Å². The average Bonchev–Trinajstić information content (AvgIpc) is 3.06. The number of ether oxygens (including phenoxy) is 1. The maximum atomic E-state index is 11.2. The number of nitrogens with zero attached hydrogens (tertiary/aromatic N) is 4. The first-order chi connectivity index (χ1) is 9.28. The number of fused-ring (bicyclic) bond motifs is 1. The smallest absolute Gasteiger partial charge is 0.313 e. The molecule has 0 N–H and O–H groups in total. The summed E-state index contributed by atoms with van der Waals surface area (Å²) in [7, 11) is 1.32. The predicted molar refractivity (Wildman–Crippen MR) is 64.2 cm³/mol. The van der Waals surface area contributed by atoms with Crippen LogP contribution in [-0.2, 0) is 16.0 Å². The number of hydrogen-bond acceptors (Lipinski definition) is 6. The summed E-state index contributed by atoms with van der Waals surface area (Å²) < 4.78 is 11.5. The van der Waals surface area contributed by atoms with Crippen molar-refractivity contribution in [3.8, 4) is 11.5 Å². The van der Waals surface area contributed by atoms with Crippen LogP contribution in [0.3, 0.4) is 0 Å². The molecule has 96 valence electrons. The zero-order valence-electron chi connectivity index (χ0n) is 10.1. The van der Waals surface area contributed by atoms with Crippen molar-refractivity contribution in [2.75, 3.05) is 7.11 Å². The molecule has 0 bridgehead atoms. The van der Waals surface area contributed by atoms with E-state index in [2.05, 4.69) is 19.8 Å². The Balaban J connectivity index is 2.08. The van der Waals surface area contributed by atoms with Gasteiger partial charge in [-0.05, 0) is 18.2 Å². The summed E-state index contributed by atoms with van der Waals surface area (Å²) >= 11 is 0. The summed E-state index contributed by atoms with van der Waals surface area (Å²) in [6.45, 7) is 0. The van der Waals surface area contributed by atoms with Crippen molar-refractivity contribution in [2.45, 2.75) is 6.42 Å². The lowest BCUT2D eigenvalue weighted by molar-refractivity contribution is -0.139. The van der Waals surface area contributed by atoms with Crippen LogP contribution in [0.2, 0.25) is 0 Å². The van der Waals surface area contributed by atoms with E-state index >= 15 is 0 Å². The van der Waals surface area contributed by atoms with E-state index in [0.717, 1.165) is 5.69 Å². The van der Waals surface area contributed by atoms with E-state index in [1.807, 2.05) is 6.07 Å². The molecule has 0 aliphatic carbocycles. The van der Waals surface area contributed by atoms with Gasteiger partial charge in [-0.2, -0.15) is 9.50 Å². The molecule has 3 aromatic heterocycles. The van der Waals surface area contributed by atoms with Gasteiger partial charge in [-0.15, -0.1) is 5.10 Å². The van der Waals surface area contributed by atoms with E-state index in [1.165, 1.54) is 11.6 Å². The molecule has 0 atom stereocenters. The quantitative estimate of drug-likeness (QED) is 0.654. The minimum Gasteiger partial charge on any atom is -0.469 e. The van der Waals surface area contributed by atoms with Crippen molar-refractivity contribution in [3.63, 3.8) is 0 Å². The lowest BCUT2D eigenvalue weighted by atomic mass is 10.3. The molecule has 0 aliphatic rings. The Kier molecular flexibility index (Phi) is 2.71. The van der Waals surface area contributed by atoms with Crippen molar-refractivity contribution >= 4 is 11.7 Å². The van der Waals surface area contributed by atoms with E-state index in [-0.39, 0.29) is 6.42 Å². The van der Waals surface area contributed by atoms with Gasteiger partial charge in [0.2, 0.25) is 0 Å². The molecule has 0 saturated heterocycles. The number of methoxy groups -OCH3 is 1. The fourth-order valence-corrected chi connectivity index (χ4v) is 1.72. The highest BCUT2D eigenvalue weighted by atomic mass is 16.5. The summed E-state index contributed by atoms with van der Waals surface area (Å²) in [5.74, 6) is 1.03. The second-order valence-corrected chi connectivity index (χ2v) is 3.80. The molecule has 7 nitrogen and oxygen atoms in total. The first-order valence-corrected chi connectivity index (χ1v) is 5.59. The van der Waals surface area contributed by atoms with Gasteiger partial charge in [-0.1, -0.05) is 0 Å². The highest BCUT2D eigenvalue weighted by Gasteiger charge is 2.13. The van der Waals surface area contributed by atoms with Gasteiger partial charge in [-0.25, -0.2) is 4.98 Å². The van der Waals surface area contributed by atoms with E-state index in [4.69, 9.17) is 4.42 Å². The standard InChI is InChI=1S/C12H10N4O3/c1-18-11(17)7-10-14-12-13-5-4-8(16(12)15-10)9-3-2-6-19-9/h2-6H,7H2,1H3. The van der Waals surface area contributed by atoms with Gasteiger partial charge in [0.05, 0.1) is 13.4 Å². The summed E-state index contributed by atoms with van der Waals surface area (Å²) in [6.07, 6.45) is 3.20. The SMILES string of the molecule is COC(=O)Cc1nc2nccc(-c3ccco3)n2n1. The Bertz CT molecular complexity index is 718. The maximum absolute atomic E-state index is 11.2. The van der Waals surface area contributed by atoms with Crippen molar-refractivity contribution in [1.29, 1.82) is 0 Å². The van der Waals surface area contributed by atoms with Crippen molar-refractivity contribution in [2.24, 2.45) is 0 Å². The molecule has 3 aromatic rings. The Labute approximate surface area is 107 Å². The molecule has 0 aromatic carbocycles. The fourth-order valence-electron chi connectivity index (χ4n) is 1.72.